The molecule has 0 heterocycles. The molecule has 14 rings (SSSR count). The fourth-order valence-electron chi connectivity index (χ4n) is 12.0. The van der Waals surface area contributed by atoms with Crippen LogP contribution in [0.5, 0.6) is 17.2 Å². The van der Waals surface area contributed by atoms with E-state index in [0.29, 0.717) is 0 Å². The number of ether oxygens (including phenoxy) is 3. The molecule has 0 unspecified atom stereocenters. The van der Waals surface area contributed by atoms with Crippen LogP contribution in [0, 0.1) is 20.8 Å². The van der Waals surface area contributed by atoms with E-state index in [1.807, 2.05) is 42.5 Å². The number of benzene rings is 14. The zero-order valence-electron chi connectivity index (χ0n) is 55.5. The van der Waals surface area contributed by atoms with Crippen molar-refractivity contribution in [3.63, 3.8) is 0 Å². The van der Waals surface area contributed by atoms with Gasteiger partial charge in [0.25, 0.3) is 0 Å². The fraction of sp³-hybridized carbons (Fsp3) is 0.0667. The van der Waals surface area contributed by atoms with E-state index in [1.54, 1.807) is 21.3 Å². The average molecular weight is 1260 g/mol. The van der Waals surface area contributed by atoms with Gasteiger partial charge in [-0.3, -0.25) is 0 Å². The maximum Gasteiger partial charge on any atom is 0.119 e. The summed E-state index contributed by atoms with van der Waals surface area (Å²) < 4.78 is 16.2. The molecule has 0 saturated heterocycles. The molecule has 0 bridgehead atoms. The number of anilines is 11. The van der Waals surface area contributed by atoms with Crippen LogP contribution in [0.1, 0.15) is 16.7 Å². The second kappa shape index (κ2) is 29.7. The number of aryl methyl sites for hydroxylation is 3. The molecule has 14 aromatic rings. The molecule has 7 heteroatoms. The quantitative estimate of drug-likeness (QED) is 0.0866. The molecule has 0 radical (unpaired) electrons. The van der Waals surface area contributed by atoms with Gasteiger partial charge in [0.2, 0.25) is 0 Å². The highest BCUT2D eigenvalue weighted by Crippen LogP contribution is 2.42. The normalized spacial score (nSPS) is 10.8. The van der Waals surface area contributed by atoms with E-state index in [1.165, 1.54) is 50.1 Å². The van der Waals surface area contributed by atoms with Gasteiger partial charge in [0.15, 0.2) is 0 Å². The lowest BCUT2D eigenvalue weighted by molar-refractivity contribution is 0.414. The Morgan fingerprint density at radius 2 is 0.351 bits per heavy atom. The number of methoxy groups -OCH3 is 3. The first-order chi connectivity index (χ1) is 47.6. The summed E-state index contributed by atoms with van der Waals surface area (Å²) in [7, 11) is 5.08. The molecule has 0 atom stereocenters. The number of hydrogen-bond acceptors (Lipinski definition) is 7. The topological polar surface area (TPSA) is 49.4 Å². The molecule has 7 nitrogen and oxygen atoms in total. The Morgan fingerprint density at radius 1 is 0.186 bits per heavy atom. The van der Waals surface area contributed by atoms with Crippen molar-refractivity contribution in [1.29, 1.82) is 0 Å². The number of nitrogens with zero attached hydrogens (tertiary/aromatic N) is 3. The van der Waals surface area contributed by atoms with Gasteiger partial charge in [-0.25, -0.2) is 0 Å². The Labute approximate surface area is 571 Å². The van der Waals surface area contributed by atoms with Gasteiger partial charge in [0.1, 0.15) is 17.2 Å². The second-order valence-electron chi connectivity index (χ2n) is 24.0. The zero-order chi connectivity index (χ0) is 66.5. The Hall–Kier alpha value is -12.3. The summed E-state index contributed by atoms with van der Waals surface area (Å²) >= 11 is 0. The minimum absolute atomic E-state index is 0.827. The highest BCUT2D eigenvalue weighted by atomic mass is 16.5. The summed E-state index contributed by atoms with van der Waals surface area (Å²) in [5.74, 6) is 2.52. The van der Waals surface area contributed by atoms with Gasteiger partial charge < -0.3 is 34.2 Å². The minimum atomic E-state index is 0.827. The summed E-state index contributed by atoms with van der Waals surface area (Å²) in [4.78, 5) is 6.86. The van der Waals surface area contributed by atoms with E-state index in [-0.39, 0.29) is 0 Å². The maximum absolute atomic E-state index is 5.47. The first-order valence-electron chi connectivity index (χ1n) is 32.7. The molecule has 0 spiro atoms. The van der Waals surface area contributed by atoms with Crippen molar-refractivity contribution >= 4 is 62.6 Å². The van der Waals surface area contributed by atoms with Crippen LogP contribution in [0.4, 0.5) is 62.6 Å². The molecule has 1 N–H and O–H groups in total. The number of rotatable bonds is 19. The van der Waals surface area contributed by atoms with E-state index < -0.39 is 0 Å². The predicted molar refractivity (Wildman–Crippen MR) is 408 cm³/mol. The highest BCUT2D eigenvalue weighted by Gasteiger charge is 2.18. The van der Waals surface area contributed by atoms with Gasteiger partial charge in [-0.2, -0.15) is 0 Å². The van der Waals surface area contributed by atoms with E-state index in [2.05, 4.69) is 344 Å². The van der Waals surface area contributed by atoms with E-state index in [4.69, 9.17) is 14.2 Å². The lowest BCUT2D eigenvalue weighted by Gasteiger charge is -2.26. The van der Waals surface area contributed by atoms with Gasteiger partial charge >= 0.3 is 0 Å². The van der Waals surface area contributed by atoms with Crippen LogP contribution in [0.15, 0.2) is 346 Å². The van der Waals surface area contributed by atoms with Crippen LogP contribution in [0.25, 0.3) is 55.6 Å². The van der Waals surface area contributed by atoms with Crippen LogP contribution in [0.3, 0.4) is 0 Å². The first kappa shape index (κ1) is 63.4. The molecule has 0 aliphatic heterocycles. The van der Waals surface area contributed by atoms with E-state index >= 15 is 0 Å². The summed E-state index contributed by atoms with van der Waals surface area (Å²) in [5, 5.41) is 3.48. The second-order valence-corrected chi connectivity index (χ2v) is 24.0. The minimum Gasteiger partial charge on any atom is -0.497 e. The molecule has 0 aliphatic carbocycles. The summed E-state index contributed by atoms with van der Waals surface area (Å²) in [6, 6.07) is 122. The van der Waals surface area contributed by atoms with E-state index in [9.17, 15) is 0 Å². The van der Waals surface area contributed by atoms with Crippen molar-refractivity contribution in [2.24, 2.45) is 0 Å². The molecular weight excluding hydrogens is 1190 g/mol. The van der Waals surface area contributed by atoms with Gasteiger partial charge in [-0.1, -0.05) is 193 Å². The maximum atomic E-state index is 5.47. The van der Waals surface area contributed by atoms with Gasteiger partial charge in [-0.05, 0) is 246 Å². The molecule has 0 fully saturated rings. The molecule has 474 valence electrons. The molecule has 0 saturated carbocycles. The predicted octanol–water partition coefficient (Wildman–Crippen LogP) is 24.8. The Balaban J connectivity index is 0.000000181. The van der Waals surface area contributed by atoms with Crippen LogP contribution in [-0.4, -0.2) is 21.3 Å². The third kappa shape index (κ3) is 15.2. The third-order valence-electron chi connectivity index (χ3n) is 17.5. The summed E-state index contributed by atoms with van der Waals surface area (Å²) in [5.41, 5.74) is 27.4. The van der Waals surface area contributed by atoms with E-state index in [0.717, 1.165) is 102 Å². The molecule has 0 aliphatic rings. The summed E-state index contributed by atoms with van der Waals surface area (Å²) in [6.07, 6.45) is 0. The van der Waals surface area contributed by atoms with Gasteiger partial charge in [0.05, 0.1) is 21.3 Å². The number of nitrogens with one attached hydrogen (secondary N) is 1. The Morgan fingerprint density at radius 3 is 0.608 bits per heavy atom. The van der Waals surface area contributed by atoms with Crippen LogP contribution in [-0.2, 0) is 0 Å². The van der Waals surface area contributed by atoms with Crippen molar-refractivity contribution in [2.45, 2.75) is 20.8 Å². The van der Waals surface area contributed by atoms with Gasteiger partial charge in [0, 0.05) is 62.6 Å². The lowest BCUT2D eigenvalue weighted by Crippen LogP contribution is -2.10. The molecular formula is C90H76N4O3. The zero-order valence-corrected chi connectivity index (χ0v) is 55.5. The van der Waals surface area contributed by atoms with Crippen molar-refractivity contribution < 1.29 is 14.2 Å². The largest absolute Gasteiger partial charge is 0.497 e. The molecule has 14 aromatic carbocycles. The Bertz CT molecular complexity index is 4800. The average Bonchev–Trinajstić information content (AvgIpc) is 0.903. The first-order valence-corrected chi connectivity index (χ1v) is 32.7. The third-order valence-corrected chi connectivity index (χ3v) is 17.5. The number of hydrogen-bond donors (Lipinski definition) is 1. The van der Waals surface area contributed by atoms with Crippen molar-refractivity contribution in [2.75, 3.05) is 41.3 Å². The highest BCUT2D eigenvalue weighted by molar-refractivity contribution is 5.84. The van der Waals surface area contributed by atoms with Crippen molar-refractivity contribution in [3.8, 4) is 72.9 Å². The SMILES string of the molecule is COc1ccc(-c2ccc(N(c3ccc(C)cc3)c3ccc(-c4ccc(N(c5ccc(OC)cc5)c5ccc(-c6ccccc6)cc5)cc4)cc3)cc2)cc1.COc1ccc(N(c2ccc(-c3ccc(C)cc3)cc2)c2ccc(-c3ccc(Nc4ccc(C)cc4)cc3)cc2)cc1. The smallest absolute Gasteiger partial charge is 0.119 e. The van der Waals surface area contributed by atoms with Crippen molar-refractivity contribution in [1.82, 2.24) is 0 Å². The summed E-state index contributed by atoms with van der Waals surface area (Å²) in [6.45, 7) is 6.34. The fourth-order valence-corrected chi connectivity index (χ4v) is 12.0. The molecule has 0 aromatic heterocycles. The van der Waals surface area contributed by atoms with Crippen LogP contribution >= 0.6 is 0 Å². The van der Waals surface area contributed by atoms with Crippen molar-refractivity contribution in [3.05, 3.63) is 362 Å². The van der Waals surface area contributed by atoms with Crippen LogP contribution in [0.2, 0.25) is 0 Å². The lowest BCUT2D eigenvalue weighted by atomic mass is 10.0. The monoisotopic (exact) mass is 1260 g/mol. The van der Waals surface area contributed by atoms with Crippen LogP contribution < -0.4 is 34.2 Å². The molecule has 97 heavy (non-hydrogen) atoms. The van der Waals surface area contributed by atoms with Gasteiger partial charge in [-0.15, -0.1) is 0 Å². The molecule has 0 amide bonds. The standard InChI is InChI=1S/C51H42N2O2.C39H34N2O/c1-37-9-21-44(22-10-37)52(46-29-17-42(18-30-46)43-19-33-50(54-2)34-20-43)45-25-13-40(14-26-45)41-15-27-48(28-16-41)53(49-31-35-51(55-3)36-32-49)47-23-11-39(12-24-47)38-7-5-4-6-8-38;1-28-4-8-30(9-5-28)32-12-20-36(21-13-32)41(38-24-26-39(42-3)27-25-38)37-22-14-33(15-23-37)31-10-18-35(19-11-31)40-34-16-6-29(2)7-17-34/h4-36H,1-3H3;4-27,40H,1-3H3. The Kier molecular flexibility index (Phi) is 19.5.